The first kappa shape index (κ1) is 33.6. The quantitative estimate of drug-likeness (QED) is 0.104. The van der Waals surface area contributed by atoms with Crippen LogP contribution < -0.4 is 4.43 Å². The minimum Gasteiger partial charge on any atom is -0.543 e. The Morgan fingerprint density at radius 1 is 0.837 bits per heavy atom. The molecule has 4 nitrogen and oxygen atoms in total. The van der Waals surface area contributed by atoms with Crippen LogP contribution in [-0.2, 0) is 11.0 Å². The van der Waals surface area contributed by atoms with Gasteiger partial charge in [0.15, 0.2) is 14.1 Å². The van der Waals surface area contributed by atoms with E-state index in [9.17, 15) is 4.79 Å². The third-order valence-electron chi connectivity index (χ3n) is 9.07. The molecule has 0 amide bonds. The van der Waals surface area contributed by atoms with Crippen molar-refractivity contribution in [3.63, 3.8) is 0 Å². The summed E-state index contributed by atoms with van der Waals surface area (Å²) in [7, 11) is -3.97. The zero-order chi connectivity index (χ0) is 32.0. The smallest absolute Gasteiger partial charge is 0.250 e. The summed E-state index contributed by atoms with van der Waals surface area (Å²) in [6.45, 7) is 22.8. The van der Waals surface area contributed by atoms with Gasteiger partial charge in [-0.2, -0.15) is 0 Å². The summed E-state index contributed by atoms with van der Waals surface area (Å²) < 4.78 is 14.0. The van der Waals surface area contributed by atoms with Crippen LogP contribution in [0.5, 0.6) is 5.75 Å². The van der Waals surface area contributed by atoms with Gasteiger partial charge in [0.05, 0.1) is 12.1 Å². The largest absolute Gasteiger partial charge is 0.543 e. The van der Waals surface area contributed by atoms with Crippen molar-refractivity contribution in [3.05, 3.63) is 93.0 Å². The highest BCUT2D eigenvalue weighted by atomic mass is 79.9. The highest BCUT2D eigenvalue weighted by molar-refractivity contribution is 9.10. The van der Waals surface area contributed by atoms with Crippen LogP contribution in [0.4, 0.5) is 0 Å². The zero-order valence-electron chi connectivity index (χ0n) is 27.0. The van der Waals surface area contributed by atoms with Crippen molar-refractivity contribution in [2.45, 2.75) is 84.4 Å². The molecule has 4 rings (SSSR count). The van der Waals surface area contributed by atoms with Crippen LogP contribution in [0, 0.1) is 0 Å². The number of nitrogens with zero attached hydrogens (tertiary/aromatic N) is 1. The molecule has 0 aliphatic heterocycles. The first-order valence-electron chi connectivity index (χ1n) is 14.7. The fourth-order valence-electron chi connectivity index (χ4n) is 4.22. The van der Waals surface area contributed by atoms with E-state index in [1.54, 1.807) is 0 Å². The minimum atomic E-state index is -2.02. The molecular formula is C35H43BrClNO3Si2. The van der Waals surface area contributed by atoms with Gasteiger partial charge in [-0.3, -0.25) is 4.79 Å². The Morgan fingerprint density at radius 3 is 2.12 bits per heavy atom. The Balaban J connectivity index is 1.70. The van der Waals surface area contributed by atoms with Gasteiger partial charge < -0.3 is 8.85 Å². The number of carbonyl (C=O) groups excluding carboxylic acids is 1. The normalized spacial score (nSPS) is 12.9. The van der Waals surface area contributed by atoms with E-state index in [1.807, 2.05) is 60.7 Å². The molecule has 0 aliphatic rings. The number of benzene rings is 3. The number of hydrogen-bond donors (Lipinski definition) is 0. The Bertz CT molecular complexity index is 1670. The molecule has 0 unspecified atom stereocenters. The van der Waals surface area contributed by atoms with Crippen LogP contribution >= 0.6 is 27.5 Å². The molecule has 1 aromatic heterocycles. The van der Waals surface area contributed by atoms with E-state index in [0.29, 0.717) is 22.9 Å². The zero-order valence-corrected chi connectivity index (χ0v) is 31.3. The molecule has 0 N–H and O–H groups in total. The molecule has 0 atom stereocenters. The summed E-state index contributed by atoms with van der Waals surface area (Å²) in [6.07, 6.45) is 0. The summed E-state index contributed by atoms with van der Waals surface area (Å²) in [6, 6.07) is 21.3. The van der Waals surface area contributed by atoms with E-state index in [-0.39, 0.29) is 15.9 Å². The Kier molecular flexibility index (Phi) is 9.56. The van der Waals surface area contributed by atoms with Gasteiger partial charge in [-0.1, -0.05) is 81.2 Å². The van der Waals surface area contributed by atoms with Crippen LogP contribution in [-0.4, -0.2) is 27.4 Å². The second-order valence-electron chi connectivity index (χ2n) is 14.3. The molecule has 0 radical (unpaired) electrons. The van der Waals surface area contributed by atoms with E-state index in [2.05, 4.69) is 94.7 Å². The topological polar surface area (TPSA) is 48.4 Å². The van der Waals surface area contributed by atoms with E-state index in [4.69, 9.17) is 20.5 Å². The van der Waals surface area contributed by atoms with Crippen molar-refractivity contribution in [1.29, 1.82) is 0 Å². The van der Waals surface area contributed by atoms with Gasteiger partial charge in [-0.25, -0.2) is 4.98 Å². The average Bonchev–Trinajstić information content (AvgIpc) is 2.90. The van der Waals surface area contributed by atoms with Crippen LogP contribution in [0.3, 0.4) is 0 Å². The lowest BCUT2D eigenvalue weighted by Crippen LogP contribution is -2.43. The number of hydrogen-bond acceptors (Lipinski definition) is 4. The second-order valence-corrected chi connectivity index (χ2v) is 25.1. The molecule has 228 valence electrons. The summed E-state index contributed by atoms with van der Waals surface area (Å²) >= 11 is 10.1. The third-order valence-corrected chi connectivity index (χ3v) is 18.9. The fraction of sp³-hybridized carbons (Fsp3) is 0.371. The van der Waals surface area contributed by atoms with Crippen molar-refractivity contribution in [2.24, 2.45) is 0 Å². The number of rotatable bonds is 8. The Morgan fingerprint density at radius 2 is 1.47 bits per heavy atom. The maximum Gasteiger partial charge on any atom is 0.250 e. The maximum atomic E-state index is 13.8. The van der Waals surface area contributed by atoms with Gasteiger partial charge in [0.2, 0.25) is 8.32 Å². The standard InChI is InChI=1S/C35H43BrClNO3Si2/c1-34(2,3)42(7,8)40-22-26-18-24(14-16-30(26)36)33(39)25-15-17-31-29(20-25)28(21-32(37)38-31)23-12-11-13-27(19-23)41-43(9,10)35(4,5)6/h11-21H,22H2,1-10H3. The first-order chi connectivity index (χ1) is 19.8. The van der Waals surface area contributed by atoms with E-state index in [1.165, 1.54) is 0 Å². The number of halogens is 2. The molecule has 0 fully saturated rings. The maximum absolute atomic E-state index is 13.8. The molecule has 43 heavy (non-hydrogen) atoms. The molecule has 8 heteroatoms. The predicted octanol–water partition coefficient (Wildman–Crippen LogP) is 11.5. The molecule has 0 saturated carbocycles. The molecule has 0 aliphatic carbocycles. The lowest BCUT2D eigenvalue weighted by molar-refractivity contribution is 0.103. The number of aromatic nitrogens is 1. The van der Waals surface area contributed by atoms with Crippen LogP contribution in [0.1, 0.15) is 63.0 Å². The van der Waals surface area contributed by atoms with Gasteiger partial charge >= 0.3 is 0 Å². The van der Waals surface area contributed by atoms with Crippen molar-refractivity contribution in [2.75, 3.05) is 0 Å². The van der Waals surface area contributed by atoms with Gasteiger partial charge in [-0.15, -0.1) is 0 Å². The lowest BCUT2D eigenvalue weighted by atomic mass is 9.96. The number of pyridine rings is 1. The summed E-state index contributed by atoms with van der Waals surface area (Å²) in [5.41, 5.74) is 4.77. The van der Waals surface area contributed by atoms with Crippen LogP contribution in [0.2, 0.25) is 41.4 Å². The van der Waals surface area contributed by atoms with Gasteiger partial charge in [0.25, 0.3) is 0 Å². The second kappa shape index (κ2) is 12.2. The van der Waals surface area contributed by atoms with Gasteiger partial charge in [-0.05, 0) is 108 Å². The van der Waals surface area contributed by atoms with Crippen molar-refractivity contribution in [1.82, 2.24) is 4.98 Å². The van der Waals surface area contributed by atoms with Crippen molar-refractivity contribution < 1.29 is 13.6 Å². The molecule has 3 aromatic carbocycles. The van der Waals surface area contributed by atoms with Crippen LogP contribution in [0.15, 0.2) is 71.2 Å². The molecule has 0 saturated heterocycles. The van der Waals surface area contributed by atoms with Crippen molar-refractivity contribution >= 4 is 60.9 Å². The monoisotopic (exact) mass is 695 g/mol. The summed E-state index contributed by atoms with van der Waals surface area (Å²) in [4.78, 5) is 18.4. The summed E-state index contributed by atoms with van der Waals surface area (Å²) in [5.74, 6) is 0.776. The highest BCUT2D eigenvalue weighted by Gasteiger charge is 2.39. The van der Waals surface area contributed by atoms with Gasteiger partial charge in [0, 0.05) is 21.0 Å². The SMILES string of the molecule is CC(C)(C)[Si](C)(C)OCc1cc(C(=O)c2ccc3nc(Cl)cc(-c4cccc(O[Si](C)(C)C(C)(C)C)c4)c3c2)ccc1Br. The van der Waals surface area contributed by atoms with Crippen LogP contribution in [0.25, 0.3) is 22.0 Å². The number of ketones is 1. The number of carbonyl (C=O) groups is 1. The molecule has 4 aromatic rings. The predicted molar refractivity (Wildman–Crippen MR) is 190 cm³/mol. The van der Waals surface area contributed by atoms with Gasteiger partial charge in [0.1, 0.15) is 10.9 Å². The Labute approximate surface area is 272 Å². The number of fused-ring (bicyclic) bond motifs is 1. The fourth-order valence-corrected chi connectivity index (χ4v) is 6.75. The lowest BCUT2D eigenvalue weighted by Gasteiger charge is -2.36. The van der Waals surface area contributed by atoms with E-state index >= 15 is 0 Å². The first-order valence-corrected chi connectivity index (χ1v) is 21.6. The minimum absolute atomic E-state index is 0.0566. The average molecular weight is 697 g/mol. The summed E-state index contributed by atoms with van der Waals surface area (Å²) in [5, 5.41) is 1.44. The molecular weight excluding hydrogens is 654 g/mol. The van der Waals surface area contributed by atoms with E-state index < -0.39 is 16.6 Å². The molecule has 1 heterocycles. The Hall–Kier alpha value is -2.30. The van der Waals surface area contributed by atoms with E-state index in [0.717, 1.165) is 37.8 Å². The highest BCUT2D eigenvalue weighted by Crippen LogP contribution is 2.40. The molecule has 0 spiro atoms. The third kappa shape index (κ3) is 7.51. The van der Waals surface area contributed by atoms with Crippen molar-refractivity contribution in [3.8, 4) is 16.9 Å². The molecule has 0 bridgehead atoms.